The average Bonchev–Trinajstić information content (AvgIpc) is 2.46. The zero-order valence-electron chi connectivity index (χ0n) is 11.6. The molecule has 0 aliphatic rings. The number of hydrogen-bond donors (Lipinski definition) is 1. The Hall–Kier alpha value is -2.56. The van der Waals surface area contributed by atoms with Crippen molar-refractivity contribution < 1.29 is 9.47 Å². The van der Waals surface area contributed by atoms with Crippen LogP contribution in [0.25, 0.3) is 12.2 Å². The van der Waals surface area contributed by atoms with Gasteiger partial charge in [-0.1, -0.05) is 12.1 Å². The van der Waals surface area contributed by atoms with Crippen molar-refractivity contribution in [1.82, 2.24) is 10.2 Å². The molecule has 0 unspecified atom stereocenters. The Labute approximate surface area is 116 Å². The molecule has 0 saturated heterocycles. The molecule has 0 aliphatic carbocycles. The van der Waals surface area contributed by atoms with E-state index >= 15 is 0 Å². The van der Waals surface area contributed by atoms with Crippen LogP contribution < -0.4 is 15.0 Å². The maximum absolute atomic E-state index is 11.1. The molecule has 1 heterocycles. The summed E-state index contributed by atoms with van der Waals surface area (Å²) in [6, 6.07) is 7.14. The molecule has 5 nitrogen and oxygen atoms in total. The molecule has 0 amide bonds. The number of aromatic amines is 1. The first-order chi connectivity index (χ1) is 9.63. The third-order valence-corrected chi connectivity index (χ3v) is 2.88. The zero-order valence-corrected chi connectivity index (χ0v) is 11.6. The van der Waals surface area contributed by atoms with Gasteiger partial charge in [-0.25, -0.2) is 5.10 Å². The number of aromatic nitrogens is 2. The van der Waals surface area contributed by atoms with Crippen molar-refractivity contribution in [2.75, 3.05) is 14.2 Å². The van der Waals surface area contributed by atoms with Crippen LogP contribution in [0.3, 0.4) is 0 Å². The number of nitrogens with one attached hydrogen (secondary N) is 1. The lowest BCUT2D eigenvalue weighted by atomic mass is 10.1. The highest BCUT2D eigenvalue weighted by Crippen LogP contribution is 2.28. The van der Waals surface area contributed by atoms with E-state index in [1.54, 1.807) is 14.2 Å². The largest absolute Gasteiger partial charge is 0.493 e. The molecule has 0 radical (unpaired) electrons. The summed E-state index contributed by atoms with van der Waals surface area (Å²) in [6.45, 7) is 1.84. The Morgan fingerprint density at radius 1 is 1.10 bits per heavy atom. The summed E-state index contributed by atoms with van der Waals surface area (Å²) < 4.78 is 10.4. The van der Waals surface area contributed by atoms with Crippen LogP contribution in [0.1, 0.15) is 16.8 Å². The first-order valence-corrected chi connectivity index (χ1v) is 6.10. The molecule has 2 aromatic rings. The molecule has 0 fully saturated rings. The Morgan fingerprint density at radius 3 is 2.50 bits per heavy atom. The molecular weight excluding hydrogens is 256 g/mol. The van der Waals surface area contributed by atoms with Crippen molar-refractivity contribution in [2.45, 2.75) is 6.92 Å². The van der Waals surface area contributed by atoms with Crippen LogP contribution in [0.15, 0.2) is 29.1 Å². The number of hydrogen-bond acceptors (Lipinski definition) is 4. The fourth-order valence-corrected chi connectivity index (χ4v) is 1.81. The van der Waals surface area contributed by atoms with Gasteiger partial charge in [0.1, 0.15) is 0 Å². The van der Waals surface area contributed by atoms with Gasteiger partial charge in [0, 0.05) is 6.07 Å². The molecule has 1 aromatic heterocycles. The van der Waals surface area contributed by atoms with Gasteiger partial charge in [-0.2, -0.15) is 5.10 Å². The van der Waals surface area contributed by atoms with Crippen LogP contribution in [-0.4, -0.2) is 24.4 Å². The van der Waals surface area contributed by atoms with Gasteiger partial charge in [0.05, 0.1) is 19.9 Å². The van der Waals surface area contributed by atoms with E-state index in [1.165, 1.54) is 6.07 Å². The smallest absolute Gasteiger partial charge is 0.264 e. The van der Waals surface area contributed by atoms with Gasteiger partial charge in [-0.15, -0.1) is 0 Å². The number of rotatable bonds is 4. The van der Waals surface area contributed by atoms with E-state index < -0.39 is 0 Å². The van der Waals surface area contributed by atoms with Crippen molar-refractivity contribution in [3.8, 4) is 11.5 Å². The lowest BCUT2D eigenvalue weighted by molar-refractivity contribution is 0.355. The van der Waals surface area contributed by atoms with Crippen molar-refractivity contribution in [3.63, 3.8) is 0 Å². The molecular formula is C15H16N2O3. The van der Waals surface area contributed by atoms with Crippen LogP contribution in [0, 0.1) is 6.92 Å². The topological polar surface area (TPSA) is 64.2 Å². The third kappa shape index (κ3) is 3.06. The molecule has 1 aromatic carbocycles. The van der Waals surface area contributed by atoms with Gasteiger partial charge in [0.25, 0.3) is 5.56 Å². The maximum Gasteiger partial charge on any atom is 0.264 e. The lowest BCUT2D eigenvalue weighted by Gasteiger charge is -2.07. The van der Waals surface area contributed by atoms with E-state index in [9.17, 15) is 4.79 Å². The Balaban J connectivity index is 2.29. The summed E-state index contributed by atoms with van der Waals surface area (Å²) in [7, 11) is 3.19. The normalized spacial score (nSPS) is 10.8. The van der Waals surface area contributed by atoms with E-state index in [0.29, 0.717) is 11.5 Å². The van der Waals surface area contributed by atoms with Crippen LogP contribution in [0.5, 0.6) is 11.5 Å². The minimum atomic E-state index is -0.203. The Kier molecular flexibility index (Phi) is 4.20. The van der Waals surface area contributed by atoms with Crippen LogP contribution in [0.4, 0.5) is 0 Å². The Morgan fingerprint density at radius 2 is 1.85 bits per heavy atom. The molecule has 20 heavy (non-hydrogen) atoms. The molecule has 104 valence electrons. The van der Waals surface area contributed by atoms with E-state index in [0.717, 1.165) is 16.8 Å². The number of nitrogens with zero attached hydrogens (tertiary/aromatic N) is 1. The van der Waals surface area contributed by atoms with Gasteiger partial charge in [-0.3, -0.25) is 4.79 Å². The molecule has 0 aliphatic heterocycles. The number of benzene rings is 1. The second kappa shape index (κ2) is 6.06. The number of ether oxygens (including phenoxy) is 2. The predicted molar refractivity (Wildman–Crippen MR) is 78.1 cm³/mol. The quantitative estimate of drug-likeness (QED) is 0.927. The molecule has 0 spiro atoms. The van der Waals surface area contributed by atoms with E-state index in [1.807, 2.05) is 37.3 Å². The zero-order chi connectivity index (χ0) is 14.5. The standard InChI is InChI=1S/C15H16N2O3/c1-10-8-15(18)17-16-12(10)6-4-11-5-7-13(19-2)14(9-11)20-3/h4-9H,1-3H3,(H,17,18)/b6-4+. The summed E-state index contributed by atoms with van der Waals surface area (Å²) in [5.74, 6) is 1.35. The number of methoxy groups -OCH3 is 2. The van der Waals surface area contributed by atoms with Crippen LogP contribution in [0.2, 0.25) is 0 Å². The molecule has 5 heteroatoms. The molecule has 1 N–H and O–H groups in total. The summed E-state index contributed by atoms with van der Waals surface area (Å²) in [5, 5.41) is 6.41. The second-order valence-corrected chi connectivity index (χ2v) is 4.25. The Bertz CT molecular complexity index is 690. The van der Waals surface area contributed by atoms with Crippen LogP contribution in [-0.2, 0) is 0 Å². The van der Waals surface area contributed by atoms with E-state index in [2.05, 4.69) is 10.2 Å². The van der Waals surface area contributed by atoms with Crippen molar-refractivity contribution in [2.24, 2.45) is 0 Å². The predicted octanol–water partition coefficient (Wildman–Crippen LogP) is 2.27. The van der Waals surface area contributed by atoms with Crippen LogP contribution >= 0.6 is 0 Å². The molecule has 0 saturated carbocycles. The average molecular weight is 272 g/mol. The summed E-state index contributed by atoms with van der Waals surface area (Å²) >= 11 is 0. The minimum absolute atomic E-state index is 0.203. The third-order valence-electron chi connectivity index (χ3n) is 2.88. The number of H-pyrrole nitrogens is 1. The fourth-order valence-electron chi connectivity index (χ4n) is 1.81. The summed E-state index contributed by atoms with van der Waals surface area (Å²) in [5.41, 5.74) is 2.30. The van der Waals surface area contributed by atoms with Gasteiger partial charge < -0.3 is 9.47 Å². The van der Waals surface area contributed by atoms with Crippen molar-refractivity contribution in [3.05, 3.63) is 51.4 Å². The SMILES string of the molecule is COc1ccc(/C=C/c2n[nH]c(=O)cc2C)cc1OC. The second-order valence-electron chi connectivity index (χ2n) is 4.25. The first kappa shape index (κ1) is 13.9. The molecule has 2 rings (SSSR count). The summed E-state index contributed by atoms with van der Waals surface area (Å²) in [4.78, 5) is 11.1. The van der Waals surface area contributed by atoms with E-state index in [4.69, 9.17) is 9.47 Å². The fraction of sp³-hybridized carbons (Fsp3) is 0.200. The van der Waals surface area contributed by atoms with Gasteiger partial charge in [0.2, 0.25) is 0 Å². The minimum Gasteiger partial charge on any atom is -0.493 e. The highest BCUT2D eigenvalue weighted by atomic mass is 16.5. The van der Waals surface area contributed by atoms with Gasteiger partial charge in [-0.05, 0) is 36.3 Å². The first-order valence-electron chi connectivity index (χ1n) is 6.10. The molecule has 0 atom stereocenters. The van der Waals surface area contributed by atoms with Gasteiger partial charge >= 0.3 is 0 Å². The highest BCUT2D eigenvalue weighted by Gasteiger charge is 2.03. The maximum atomic E-state index is 11.1. The highest BCUT2D eigenvalue weighted by molar-refractivity contribution is 5.70. The van der Waals surface area contributed by atoms with E-state index in [-0.39, 0.29) is 5.56 Å². The van der Waals surface area contributed by atoms with Gasteiger partial charge in [0.15, 0.2) is 11.5 Å². The number of aryl methyl sites for hydroxylation is 1. The van der Waals surface area contributed by atoms with Crippen molar-refractivity contribution >= 4 is 12.2 Å². The summed E-state index contributed by atoms with van der Waals surface area (Å²) in [6.07, 6.45) is 3.74. The lowest BCUT2D eigenvalue weighted by Crippen LogP contribution is -2.08. The van der Waals surface area contributed by atoms with Crippen molar-refractivity contribution in [1.29, 1.82) is 0 Å². The monoisotopic (exact) mass is 272 g/mol. The molecule has 0 bridgehead atoms.